The maximum Gasteiger partial charge on any atom is 0.370 e. The minimum Gasteiger partial charge on any atom is -0.477 e. The van der Waals surface area contributed by atoms with Crippen molar-refractivity contribution < 1.29 is 14.5 Å². The summed E-state index contributed by atoms with van der Waals surface area (Å²) in [7, 11) is 2.04. The number of para-hydroxylation sites is 1. The summed E-state index contributed by atoms with van der Waals surface area (Å²) in [6.45, 7) is -0.0507. The van der Waals surface area contributed by atoms with Crippen LogP contribution in [0, 0.1) is 0 Å². The van der Waals surface area contributed by atoms with Gasteiger partial charge in [0.05, 0.1) is 5.39 Å². The quantitative estimate of drug-likeness (QED) is 0.737. The lowest BCUT2D eigenvalue weighted by Gasteiger charge is -2.23. The third-order valence-electron chi connectivity index (χ3n) is 4.64. The van der Waals surface area contributed by atoms with Crippen LogP contribution in [0.1, 0.15) is 11.1 Å². The summed E-state index contributed by atoms with van der Waals surface area (Å²) in [4.78, 5) is 13.2. The highest BCUT2D eigenvalue weighted by molar-refractivity contribution is 5.99. The maximum atomic E-state index is 11.1. The average molecular weight is 343 g/mol. The highest BCUT2D eigenvalue weighted by Crippen LogP contribution is 2.33. The lowest BCUT2D eigenvalue weighted by molar-refractivity contribution is -0.659. The SMILES string of the molecule is CN1C=C/C(=C\c2cccc3c2ccc[n+]3CC(=O)O)c2ccccc21. The van der Waals surface area contributed by atoms with Gasteiger partial charge in [-0.15, -0.1) is 0 Å². The number of carbonyl (C=O) groups is 1. The number of aliphatic carboxylic acids is 1. The first-order valence-electron chi connectivity index (χ1n) is 8.48. The Labute approximate surface area is 151 Å². The van der Waals surface area contributed by atoms with Gasteiger partial charge in [0.15, 0.2) is 6.20 Å². The standard InChI is InChI=1S/C22H18N2O2/c1-23-13-11-17(18-7-2-3-9-20(18)23)14-16-6-4-10-21-19(16)8-5-12-24(21)15-22(25)26/h2-14H,15H2,1H3/p+1. The molecule has 0 fully saturated rings. The summed E-state index contributed by atoms with van der Waals surface area (Å²) in [5.74, 6) is -0.849. The summed E-state index contributed by atoms with van der Waals surface area (Å²) in [6, 6.07) is 18.2. The zero-order chi connectivity index (χ0) is 18.1. The Bertz CT molecular complexity index is 1070. The fraction of sp³-hybridized carbons (Fsp3) is 0.0909. The van der Waals surface area contributed by atoms with Crippen molar-refractivity contribution in [3.8, 4) is 0 Å². The van der Waals surface area contributed by atoms with Gasteiger partial charge < -0.3 is 10.0 Å². The van der Waals surface area contributed by atoms with Crippen LogP contribution in [0.25, 0.3) is 22.6 Å². The molecule has 2 aromatic carbocycles. The molecular formula is C22H19N2O2+. The van der Waals surface area contributed by atoms with E-state index in [1.54, 1.807) is 10.8 Å². The van der Waals surface area contributed by atoms with Crippen molar-refractivity contribution in [2.45, 2.75) is 6.54 Å². The number of fused-ring (bicyclic) bond motifs is 2. The van der Waals surface area contributed by atoms with E-state index in [-0.39, 0.29) is 6.54 Å². The van der Waals surface area contributed by atoms with Gasteiger partial charge in [0.2, 0.25) is 12.1 Å². The van der Waals surface area contributed by atoms with E-state index in [2.05, 4.69) is 41.5 Å². The second kappa shape index (κ2) is 6.48. The van der Waals surface area contributed by atoms with E-state index >= 15 is 0 Å². The van der Waals surface area contributed by atoms with Crippen LogP contribution in [0.15, 0.2) is 73.1 Å². The lowest BCUT2D eigenvalue weighted by Crippen LogP contribution is -2.38. The van der Waals surface area contributed by atoms with Gasteiger partial charge in [-0.1, -0.05) is 30.3 Å². The maximum absolute atomic E-state index is 11.1. The van der Waals surface area contributed by atoms with E-state index in [1.165, 1.54) is 11.3 Å². The highest BCUT2D eigenvalue weighted by Gasteiger charge is 2.16. The Morgan fingerprint density at radius 3 is 2.81 bits per heavy atom. The monoisotopic (exact) mass is 343 g/mol. The van der Waals surface area contributed by atoms with Crippen LogP contribution in [0.2, 0.25) is 0 Å². The first kappa shape index (κ1) is 16.1. The fourth-order valence-corrected chi connectivity index (χ4v) is 3.42. The molecule has 0 amide bonds. The zero-order valence-corrected chi connectivity index (χ0v) is 14.5. The molecule has 0 radical (unpaired) electrons. The van der Waals surface area contributed by atoms with Crippen LogP contribution >= 0.6 is 0 Å². The largest absolute Gasteiger partial charge is 0.477 e. The van der Waals surface area contributed by atoms with Crippen LogP contribution < -0.4 is 9.47 Å². The summed E-state index contributed by atoms with van der Waals surface area (Å²) < 4.78 is 1.76. The molecule has 0 spiro atoms. The Hall–Kier alpha value is -3.40. The van der Waals surface area contributed by atoms with Gasteiger partial charge in [0.25, 0.3) is 0 Å². The van der Waals surface area contributed by atoms with Gasteiger partial charge in [0, 0.05) is 36.6 Å². The molecule has 2 heterocycles. The second-order valence-electron chi connectivity index (χ2n) is 6.35. The summed E-state index contributed by atoms with van der Waals surface area (Å²) >= 11 is 0. The first-order valence-corrected chi connectivity index (χ1v) is 8.48. The van der Waals surface area contributed by atoms with Crippen molar-refractivity contribution in [2.24, 2.45) is 0 Å². The van der Waals surface area contributed by atoms with E-state index in [9.17, 15) is 4.79 Å². The van der Waals surface area contributed by atoms with Crippen LogP contribution in [0.3, 0.4) is 0 Å². The van der Waals surface area contributed by atoms with Crippen molar-refractivity contribution in [3.05, 3.63) is 84.2 Å². The molecule has 0 saturated heterocycles. The number of aromatic nitrogens is 1. The van der Waals surface area contributed by atoms with Crippen molar-refractivity contribution in [1.29, 1.82) is 0 Å². The van der Waals surface area contributed by atoms with Gasteiger partial charge in [-0.05, 0) is 35.4 Å². The Morgan fingerprint density at radius 2 is 1.96 bits per heavy atom. The zero-order valence-electron chi connectivity index (χ0n) is 14.5. The molecular weight excluding hydrogens is 324 g/mol. The van der Waals surface area contributed by atoms with Gasteiger partial charge in [-0.3, -0.25) is 0 Å². The number of pyridine rings is 1. The van der Waals surface area contributed by atoms with Crippen LogP contribution in [-0.4, -0.2) is 18.1 Å². The first-order chi connectivity index (χ1) is 12.6. The molecule has 0 aliphatic carbocycles. The molecule has 1 aromatic heterocycles. The van der Waals surface area contributed by atoms with Crippen LogP contribution in [-0.2, 0) is 11.3 Å². The van der Waals surface area contributed by atoms with E-state index in [0.717, 1.165) is 22.0 Å². The molecule has 1 aliphatic heterocycles. The molecule has 1 aliphatic rings. The number of hydrogen-bond donors (Lipinski definition) is 1. The normalized spacial score (nSPS) is 14.7. The molecule has 0 atom stereocenters. The smallest absolute Gasteiger partial charge is 0.370 e. The Morgan fingerprint density at radius 1 is 1.12 bits per heavy atom. The third-order valence-corrected chi connectivity index (χ3v) is 4.64. The molecule has 0 saturated carbocycles. The lowest BCUT2D eigenvalue weighted by atomic mass is 9.96. The molecule has 1 N–H and O–H groups in total. The number of allylic oxidation sites excluding steroid dienone is 2. The van der Waals surface area contributed by atoms with E-state index in [0.29, 0.717) is 0 Å². The highest BCUT2D eigenvalue weighted by atomic mass is 16.4. The number of anilines is 1. The van der Waals surface area contributed by atoms with Gasteiger partial charge in [-0.2, -0.15) is 4.57 Å². The molecule has 4 rings (SSSR count). The fourth-order valence-electron chi connectivity index (χ4n) is 3.42. The van der Waals surface area contributed by atoms with Crippen molar-refractivity contribution in [3.63, 3.8) is 0 Å². The molecule has 0 unspecified atom stereocenters. The molecule has 26 heavy (non-hydrogen) atoms. The summed E-state index contributed by atoms with van der Waals surface area (Å²) in [6.07, 6.45) is 8.13. The predicted octanol–water partition coefficient (Wildman–Crippen LogP) is 3.72. The Balaban J connectivity index is 1.87. The van der Waals surface area contributed by atoms with E-state index in [4.69, 9.17) is 5.11 Å². The van der Waals surface area contributed by atoms with Crippen molar-refractivity contribution >= 4 is 34.2 Å². The average Bonchev–Trinajstić information content (AvgIpc) is 2.64. The van der Waals surface area contributed by atoms with Crippen LogP contribution in [0.5, 0.6) is 0 Å². The number of nitrogens with zero attached hydrogens (tertiary/aromatic N) is 2. The molecule has 4 nitrogen and oxygen atoms in total. The van der Waals surface area contributed by atoms with Gasteiger partial charge in [0.1, 0.15) is 0 Å². The molecule has 4 heteroatoms. The van der Waals surface area contributed by atoms with Gasteiger partial charge in [-0.25, -0.2) is 4.79 Å². The number of benzene rings is 2. The van der Waals surface area contributed by atoms with E-state index in [1.807, 2.05) is 43.4 Å². The van der Waals surface area contributed by atoms with Crippen molar-refractivity contribution in [2.75, 3.05) is 11.9 Å². The summed E-state index contributed by atoms with van der Waals surface area (Å²) in [5.41, 5.74) is 5.47. The van der Waals surface area contributed by atoms with E-state index < -0.39 is 5.97 Å². The Kier molecular flexibility index (Phi) is 4.01. The number of carboxylic acid groups (broad SMARTS) is 1. The minimum atomic E-state index is -0.849. The minimum absolute atomic E-state index is 0.0507. The number of hydrogen-bond acceptors (Lipinski definition) is 2. The van der Waals surface area contributed by atoms with Crippen molar-refractivity contribution in [1.82, 2.24) is 0 Å². The molecule has 3 aromatic rings. The number of carboxylic acids is 1. The van der Waals surface area contributed by atoms with Crippen LogP contribution in [0.4, 0.5) is 5.69 Å². The second-order valence-corrected chi connectivity index (χ2v) is 6.35. The molecule has 128 valence electrons. The predicted molar refractivity (Wildman–Crippen MR) is 104 cm³/mol. The molecule has 0 bridgehead atoms. The summed E-state index contributed by atoms with van der Waals surface area (Å²) in [5, 5.41) is 10.2. The third kappa shape index (κ3) is 2.86. The van der Waals surface area contributed by atoms with Gasteiger partial charge >= 0.3 is 5.97 Å². The number of rotatable bonds is 3. The topological polar surface area (TPSA) is 44.4 Å².